The summed E-state index contributed by atoms with van der Waals surface area (Å²) in [5, 5.41) is -0.0627. The van der Waals surface area contributed by atoms with Crippen LogP contribution in [0.4, 0.5) is 5.69 Å². The minimum atomic E-state index is -1.75. The number of carbonyl (C=O) groups is 3. The van der Waals surface area contributed by atoms with Crippen LogP contribution in [0.3, 0.4) is 0 Å². The van der Waals surface area contributed by atoms with Crippen LogP contribution in [0.1, 0.15) is 36.5 Å². The van der Waals surface area contributed by atoms with E-state index in [1.54, 1.807) is 31.3 Å². The molecule has 0 spiro atoms. The topological polar surface area (TPSA) is 63.7 Å². The average Bonchev–Trinajstić information content (AvgIpc) is 2.55. The molecule has 0 bridgehead atoms. The number of ketones is 1. The highest BCUT2D eigenvalue weighted by molar-refractivity contribution is 9.09. The van der Waals surface area contributed by atoms with E-state index in [0.29, 0.717) is 17.7 Å². The van der Waals surface area contributed by atoms with Crippen molar-refractivity contribution in [3.63, 3.8) is 0 Å². The second-order valence-electron chi connectivity index (χ2n) is 5.25. The van der Waals surface area contributed by atoms with Crippen LogP contribution in [-0.4, -0.2) is 35.6 Å². The van der Waals surface area contributed by atoms with Crippen molar-refractivity contribution in [2.75, 3.05) is 17.3 Å². The molecule has 1 aromatic carbocycles. The maximum absolute atomic E-state index is 12.9. The van der Waals surface area contributed by atoms with Crippen molar-refractivity contribution in [3.8, 4) is 0 Å². The van der Waals surface area contributed by atoms with Crippen molar-refractivity contribution < 1.29 is 19.1 Å². The Balaban J connectivity index is 2.54. The molecule has 0 fully saturated rings. The molecule has 1 heterocycles. The first-order valence-electron chi connectivity index (χ1n) is 7.17. The smallest absolute Gasteiger partial charge is 0.318 e. The Labute approximate surface area is 137 Å². The lowest BCUT2D eigenvalue weighted by Crippen LogP contribution is -2.59. The number of carbonyl (C=O) groups excluding carboxylic acids is 3. The average molecular weight is 368 g/mol. The number of nitrogens with zero attached hydrogens (tertiary/aromatic N) is 1. The Bertz CT molecular complexity index is 616. The van der Waals surface area contributed by atoms with Gasteiger partial charge in [-0.15, -0.1) is 0 Å². The summed E-state index contributed by atoms with van der Waals surface area (Å²) in [7, 11) is 1.59. The number of Topliss-reactive ketones (excluding diaryl/α,β-unsaturated/α-hetero) is 1. The number of esters is 1. The zero-order chi connectivity index (χ0) is 16.3. The minimum absolute atomic E-state index is 0.0627. The van der Waals surface area contributed by atoms with Crippen LogP contribution in [0.5, 0.6) is 0 Å². The quantitative estimate of drug-likeness (QED) is 0.456. The molecule has 5 nitrogen and oxygen atoms in total. The van der Waals surface area contributed by atoms with Crippen LogP contribution in [0.15, 0.2) is 24.3 Å². The second kappa shape index (κ2) is 6.60. The minimum Gasteiger partial charge on any atom is -0.440 e. The molecule has 1 amide bonds. The van der Waals surface area contributed by atoms with Crippen LogP contribution in [0.25, 0.3) is 0 Å². The predicted molar refractivity (Wildman–Crippen MR) is 86.3 cm³/mol. The fourth-order valence-electron chi connectivity index (χ4n) is 2.66. The number of anilines is 1. The number of amides is 1. The van der Waals surface area contributed by atoms with Gasteiger partial charge in [0.15, 0.2) is 0 Å². The first kappa shape index (κ1) is 16.7. The number of unbranched alkanes of at least 4 members (excludes halogenated alkanes) is 1. The number of rotatable bonds is 5. The molecule has 6 heteroatoms. The first-order valence-corrected chi connectivity index (χ1v) is 8.30. The van der Waals surface area contributed by atoms with Gasteiger partial charge in [-0.25, -0.2) is 0 Å². The molecule has 1 atom stereocenters. The van der Waals surface area contributed by atoms with Crippen molar-refractivity contribution in [2.24, 2.45) is 0 Å². The van der Waals surface area contributed by atoms with E-state index in [0.717, 1.165) is 6.42 Å². The van der Waals surface area contributed by atoms with Crippen molar-refractivity contribution >= 4 is 39.3 Å². The second-order valence-corrected chi connectivity index (χ2v) is 5.81. The maximum Gasteiger partial charge on any atom is 0.318 e. The van der Waals surface area contributed by atoms with Gasteiger partial charge in [-0.3, -0.25) is 14.4 Å². The van der Waals surface area contributed by atoms with Crippen LogP contribution < -0.4 is 4.90 Å². The third-order valence-electron chi connectivity index (χ3n) is 3.81. The van der Waals surface area contributed by atoms with Crippen LogP contribution in [-0.2, 0) is 14.3 Å². The molecule has 0 N–H and O–H groups in total. The molecule has 118 valence electrons. The molecular weight excluding hydrogens is 350 g/mol. The molecule has 0 radical (unpaired) electrons. The summed E-state index contributed by atoms with van der Waals surface area (Å²) in [5.41, 5.74) is -0.799. The molecule has 2 rings (SSSR count). The SMILES string of the molecule is CCCCC1(OC(=O)CBr)C(=O)c2ccccc2N(C)C1=O. The zero-order valence-electron chi connectivity index (χ0n) is 12.6. The van der Waals surface area contributed by atoms with Gasteiger partial charge in [-0.05, 0) is 18.6 Å². The summed E-state index contributed by atoms with van der Waals surface area (Å²) in [6, 6.07) is 6.86. The van der Waals surface area contributed by atoms with Gasteiger partial charge in [0, 0.05) is 19.0 Å². The van der Waals surface area contributed by atoms with E-state index in [1.165, 1.54) is 4.90 Å². The molecule has 1 aliphatic heterocycles. The first-order chi connectivity index (χ1) is 10.5. The lowest BCUT2D eigenvalue weighted by atomic mass is 9.82. The van der Waals surface area contributed by atoms with Gasteiger partial charge in [-0.2, -0.15) is 0 Å². The highest BCUT2D eigenvalue weighted by Crippen LogP contribution is 2.37. The normalized spacial score (nSPS) is 20.8. The lowest BCUT2D eigenvalue weighted by Gasteiger charge is -2.39. The van der Waals surface area contributed by atoms with Gasteiger partial charge in [0.25, 0.3) is 11.5 Å². The highest BCUT2D eigenvalue weighted by atomic mass is 79.9. The number of para-hydroxylation sites is 1. The molecular formula is C16H18BrNO4. The Morgan fingerprint density at radius 1 is 1.32 bits per heavy atom. The number of ether oxygens (including phenoxy) is 1. The monoisotopic (exact) mass is 367 g/mol. The van der Waals surface area contributed by atoms with E-state index in [-0.39, 0.29) is 11.8 Å². The molecule has 0 aliphatic carbocycles. The Morgan fingerprint density at radius 3 is 2.64 bits per heavy atom. The van der Waals surface area contributed by atoms with E-state index in [2.05, 4.69) is 15.9 Å². The highest BCUT2D eigenvalue weighted by Gasteiger charge is 2.54. The van der Waals surface area contributed by atoms with Crippen molar-refractivity contribution in [3.05, 3.63) is 29.8 Å². The van der Waals surface area contributed by atoms with Gasteiger partial charge < -0.3 is 9.64 Å². The number of halogens is 1. The number of hydrogen-bond acceptors (Lipinski definition) is 4. The summed E-state index contributed by atoms with van der Waals surface area (Å²) in [4.78, 5) is 38.9. The van der Waals surface area contributed by atoms with Gasteiger partial charge >= 0.3 is 5.97 Å². The summed E-state index contributed by atoms with van der Waals surface area (Å²) in [6.45, 7) is 1.95. The third-order valence-corrected chi connectivity index (χ3v) is 4.26. The molecule has 22 heavy (non-hydrogen) atoms. The summed E-state index contributed by atoms with van der Waals surface area (Å²) in [5.74, 6) is -1.54. The predicted octanol–water partition coefficient (Wildman–Crippen LogP) is 2.71. The van der Waals surface area contributed by atoms with Gasteiger partial charge in [0.05, 0.1) is 5.69 Å². The van der Waals surface area contributed by atoms with E-state index >= 15 is 0 Å². The molecule has 1 aliphatic rings. The Hall–Kier alpha value is -1.69. The van der Waals surface area contributed by atoms with Gasteiger partial charge in [-0.1, -0.05) is 41.4 Å². The van der Waals surface area contributed by atoms with E-state index in [9.17, 15) is 14.4 Å². The van der Waals surface area contributed by atoms with E-state index < -0.39 is 23.3 Å². The lowest BCUT2D eigenvalue weighted by molar-refractivity contribution is -0.160. The van der Waals surface area contributed by atoms with Crippen molar-refractivity contribution in [1.82, 2.24) is 0 Å². The number of alkyl halides is 1. The largest absolute Gasteiger partial charge is 0.440 e. The number of likely N-dealkylation sites (N-methyl/N-ethyl adjacent to an activating group) is 1. The molecule has 0 aromatic heterocycles. The Morgan fingerprint density at radius 2 is 2.00 bits per heavy atom. The zero-order valence-corrected chi connectivity index (χ0v) is 14.2. The molecule has 0 saturated heterocycles. The summed E-state index contributed by atoms with van der Waals surface area (Å²) in [6.07, 6.45) is 1.60. The third kappa shape index (κ3) is 2.67. The summed E-state index contributed by atoms with van der Waals surface area (Å²) < 4.78 is 5.36. The fraction of sp³-hybridized carbons (Fsp3) is 0.438. The fourth-order valence-corrected chi connectivity index (χ4v) is 2.78. The number of benzene rings is 1. The summed E-state index contributed by atoms with van der Waals surface area (Å²) >= 11 is 3.01. The van der Waals surface area contributed by atoms with Crippen LogP contribution in [0, 0.1) is 0 Å². The Kier molecular flexibility index (Phi) is 5.01. The standard InChI is InChI=1S/C16H18BrNO4/c1-3-4-9-16(22-13(19)10-17)14(20)11-7-5-6-8-12(11)18(2)15(16)21/h5-8H,3-4,9-10H2,1-2H3. The van der Waals surface area contributed by atoms with Crippen molar-refractivity contribution in [1.29, 1.82) is 0 Å². The molecule has 0 saturated carbocycles. The number of hydrogen-bond donors (Lipinski definition) is 0. The maximum atomic E-state index is 12.9. The van der Waals surface area contributed by atoms with E-state index in [1.807, 2.05) is 6.92 Å². The molecule has 1 unspecified atom stereocenters. The van der Waals surface area contributed by atoms with Crippen LogP contribution >= 0.6 is 15.9 Å². The van der Waals surface area contributed by atoms with E-state index in [4.69, 9.17) is 4.74 Å². The van der Waals surface area contributed by atoms with Gasteiger partial charge in [0.1, 0.15) is 5.33 Å². The number of fused-ring (bicyclic) bond motifs is 1. The van der Waals surface area contributed by atoms with Crippen LogP contribution in [0.2, 0.25) is 0 Å². The molecule has 1 aromatic rings. The van der Waals surface area contributed by atoms with Crippen molar-refractivity contribution in [2.45, 2.75) is 31.8 Å². The van der Waals surface area contributed by atoms with Gasteiger partial charge in [0.2, 0.25) is 5.78 Å².